The third-order valence-electron chi connectivity index (χ3n) is 4.82. The number of unbranched alkanes of at least 4 members (excludes halogenated alkanes) is 1. The molecule has 0 atom stereocenters. The van der Waals surface area contributed by atoms with E-state index in [1.165, 1.54) is 31.0 Å². The molecule has 2 rings (SSSR count). The van der Waals surface area contributed by atoms with E-state index in [1.807, 2.05) is 0 Å². The average molecular weight is 461 g/mol. The van der Waals surface area contributed by atoms with Crippen molar-refractivity contribution in [1.82, 2.24) is 9.97 Å². The molecule has 0 aliphatic heterocycles. The molecule has 8 heteroatoms. The molecule has 0 saturated heterocycles. The van der Waals surface area contributed by atoms with E-state index in [9.17, 15) is 4.39 Å². The van der Waals surface area contributed by atoms with Crippen LogP contribution in [0.3, 0.4) is 0 Å². The van der Waals surface area contributed by atoms with Crippen molar-refractivity contribution in [2.45, 2.75) is 54.7 Å². The number of nitrogens with zero attached hydrogens (tertiary/aromatic N) is 2. The minimum absolute atomic E-state index is 0.162. The van der Waals surface area contributed by atoms with E-state index in [2.05, 4.69) is 43.3 Å². The van der Waals surface area contributed by atoms with Crippen LogP contribution >= 0.6 is 33.7 Å². The van der Waals surface area contributed by atoms with Gasteiger partial charge in [-0.05, 0) is 55.5 Å². The minimum atomic E-state index is -1.10. The number of ether oxygens (including phenoxy) is 1. The molecule has 0 amide bonds. The van der Waals surface area contributed by atoms with Crippen LogP contribution < -0.4 is 4.74 Å². The molecule has 1 heterocycles. The molecule has 2 aromatic rings. The molecule has 0 saturated carbocycles. The van der Waals surface area contributed by atoms with Gasteiger partial charge in [0.25, 0.3) is 0 Å². The average Bonchev–Trinajstić information content (AvgIpc) is 2.63. The molecule has 1 aromatic heterocycles. The van der Waals surface area contributed by atoms with Gasteiger partial charge in [0.05, 0.1) is 18.6 Å². The molecule has 0 bridgehead atoms. The molecular formula is C21H30ClFN2O2S2. The number of hydrogen-bond acceptors (Lipinski definition) is 5. The third-order valence-corrected chi connectivity index (χ3v) is 9.81. The van der Waals surface area contributed by atoms with Gasteiger partial charge in [-0.1, -0.05) is 32.5 Å². The summed E-state index contributed by atoms with van der Waals surface area (Å²) in [7, 11) is 0.422. The Morgan fingerprint density at radius 3 is 2.59 bits per heavy atom. The lowest BCUT2D eigenvalue weighted by Gasteiger charge is -2.43. The van der Waals surface area contributed by atoms with E-state index in [-0.39, 0.29) is 15.8 Å². The minimum Gasteiger partial charge on any atom is -0.495 e. The quantitative estimate of drug-likeness (QED) is 0.241. The second-order valence-corrected chi connectivity index (χ2v) is 13.3. The van der Waals surface area contributed by atoms with Crippen LogP contribution in [0.5, 0.6) is 5.75 Å². The van der Waals surface area contributed by atoms with Crippen molar-refractivity contribution >= 4 is 33.7 Å². The molecule has 162 valence electrons. The summed E-state index contributed by atoms with van der Waals surface area (Å²) in [4.78, 5) is 9.29. The highest BCUT2D eigenvalue weighted by molar-refractivity contribution is 8.29. The fraction of sp³-hybridized carbons (Fsp3) is 0.524. The zero-order chi connectivity index (χ0) is 21.7. The Morgan fingerprint density at radius 1 is 1.21 bits per heavy atom. The van der Waals surface area contributed by atoms with E-state index in [1.54, 1.807) is 12.3 Å². The Kier molecular flexibility index (Phi) is 8.64. The number of benzene rings is 1. The Hall–Kier alpha value is -1.02. The normalized spacial score (nSPS) is 12.8. The van der Waals surface area contributed by atoms with E-state index in [0.29, 0.717) is 5.75 Å². The summed E-state index contributed by atoms with van der Waals surface area (Å²) in [6, 6.07) is 4.45. The highest BCUT2D eigenvalue weighted by atomic mass is 35.5. The smallest absolute Gasteiger partial charge is 0.223 e. The van der Waals surface area contributed by atoms with Crippen LogP contribution in [-0.2, 0) is 10.6 Å². The van der Waals surface area contributed by atoms with Gasteiger partial charge in [0.15, 0.2) is 0 Å². The fourth-order valence-electron chi connectivity index (χ4n) is 2.32. The van der Waals surface area contributed by atoms with Crippen LogP contribution in [0.4, 0.5) is 4.39 Å². The SMILES string of the molecule is COc1cc(F)ccc1Sc1nc(Cl)ncc1CCCCOS(C)(C)C(C)(C)C. The second-order valence-electron chi connectivity index (χ2n) is 7.99. The van der Waals surface area contributed by atoms with Gasteiger partial charge in [-0.2, -0.15) is 0 Å². The van der Waals surface area contributed by atoms with Gasteiger partial charge in [0, 0.05) is 22.6 Å². The molecule has 1 aromatic carbocycles. The maximum Gasteiger partial charge on any atom is 0.223 e. The molecule has 4 nitrogen and oxygen atoms in total. The summed E-state index contributed by atoms with van der Waals surface area (Å²) in [6.07, 6.45) is 8.92. The number of rotatable bonds is 9. The van der Waals surface area contributed by atoms with Crippen LogP contribution in [0.1, 0.15) is 39.2 Å². The molecule has 0 aliphatic rings. The number of halogens is 2. The molecule has 0 spiro atoms. The van der Waals surface area contributed by atoms with Gasteiger partial charge >= 0.3 is 0 Å². The van der Waals surface area contributed by atoms with Gasteiger partial charge < -0.3 is 8.92 Å². The summed E-state index contributed by atoms with van der Waals surface area (Å²) in [5.41, 5.74) is 1.01. The summed E-state index contributed by atoms with van der Waals surface area (Å²) >= 11 is 7.42. The predicted octanol–water partition coefficient (Wildman–Crippen LogP) is 6.55. The number of methoxy groups -OCH3 is 1. The molecule has 0 radical (unpaired) electrons. The van der Waals surface area contributed by atoms with E-state index < -0.39 is 10.3 Å². The molecule has 0 fully saturated rings. The lowest BCUT2D eigenvalue weighted by atomic mass is 10.1. The van der Waals surface area contributed by atoms with Crippen molar-refractivity contribution in [3.8, 4) is 5.75 Å². The fourth-order valence-corrected chi connectivity index (χ4v) is 4.40. The van der Waals surface area contributed by atoms with Crippen LogP contribution in [-0.4, -0.2) is 40.9 Å². The van der Waals surface area contributed by atoms with E-state index in [4.69, 9.17) is 20.5 Å². The van der Waals surface area contributed by atoms with Crippen LogP contribution in [0.15, 0.2) is 34.3 Å². The highest BCUT2D eigenvalue weighted by Gasteiger charge is 2.28. The monoisotopic (exact) mass is 460 g/mol. The molecule has 0 unspecified atom stereocenters. The number of hydrogen-bond donors (Lipinski definition) is 0. The largest absolute Gasteiger partial charge is 0.495 e. The molecular weight excluding hydrogens is 431 g/mol. The maximum absolute atomic E-state index is 13.5. The maximum atomic E-state index is 13.5. The van der Waals surface area contributed by atoms with Gasteiger partial charge in [-0.25, -0.2) is 14.4 Å². The van der Waals surface area contributed by atoms with Crippen LogP contribution in [0, 0.1) is 5.82 Å². The van der Waals surface area contributed by atoms with Crippen molar-refractivity contribution < 1.29 is 13.3 Å². The summed E-state index contributed by atoms with van der Waals surface area (Å²) < 4.78 is 25.1. The topological polar surface area (TPSA) is 44.2 Å². The Morgan fingerprint density at radius 2 is 1.93 bits per heavy atom. The first kappa shape index (κ1) is 24.3. The van der Waals surface area contributed by atoms with Crippen molar-refractivity contribution in [2.75, 3.05) is 26.2 Å². The Bertz CT molecular complexity index is 829. The Labute approximate surface area is 184 Å². The molecule has 0 aliphatic carbocycles. The third kappa shape index (κ3) is 7.02. The van der Waals surface area contributed by atoms with Crippen LogP contribution in [0.2, 0.25) is 5.28 Å². The predicted molar refractivity (Wildman–Crippen MR) is 122 cm³/mol. The lowest BCUT2D eigenvalue weighted by Crippen LogP contribution is -2.25. The van der Waals surface area contributed by atoms with Crippen LogP contribution in [0.25, 0.3) is 0 Å². The summed E-state index contributed by atoms with van der Waals surface area (Å²) in [5, 5.41) is 0.952. The highest BCUT2D eigenvalue weighted by Crippen LogP contribution is 2.53. The summed E-state index contributed by atoms with van der Waals surface area (Å²) in [5.74, 6) is 0.129. The first-order valence-electron chi connectivity index (χ1n) is 9.43. The standard InChI is InChI=1S/C21H30ClFN2O2S2/c1-21(2,3)29(5,6)27-12-8-7-9-15-14-24-20(22)25-19(15)28-18-11-10-16(23)13-17(18)26-4/h10-11,13-14H,7-9,12H2,1-6H3. The second kappa shape index (κ2) is 10.3. The van der Waals surface area contributed by atoms with Gasteiger partial charge in [0.1, 0.15) is 16.6 Å². The van der Waals surface area contributed by atoms with Crippen molar-refractivity contribution in [3.05, 3.63) is 41.1 Å². The lowest BCUT2D eigenvalue weighted by molar-refractivity contribution is 0.336. The van der Waals surface area contributed by atoms with Gasteiger partial charge in [0.2, 0.25) is 5.28 Å². The first-order valence-corrected chi connectivity index (χ1v) is 13.0. The van der Waals surface area contributed by atoms with Crippen molar-refractivity contribution in [3.63, 3.8) is 0 Å². The van der Waals surface area contributed by atoms with Gasteiger partial charge in [-0.3, -0.25) is 0 Å². The van der Waals surface area contributed by atoms with Crippen molar-refractivity contribution in [1.29, 1.82) is 0 Å². The number of aryl methyl sites for hydroxylation is 1. The zero-order valence-corrected chi connectivity index (χ0v) is 20.3. The van der Waals surface area contributed by atoms with E-state index >= 15 is 0 Å². The van der Waals surface area contributed by atoms with E-state index in [0.717, 1.165) is 41.4 Å². The Balaban J connectivity index is 2.01. The summed E-state index contributed by atoms with van der Waals surface area (Å²) in [6.45, 7) is 7.41. The molecule has 29 heavy (non-hydrogen) atoms. The molecule has 0 N–H and O–H groups in total. The van der Waals surface area contributed by atoms with Gasteiger partial charge in [-0.15, -0.1) is 10.3 Å². The van der Waals surface area contributed by atoms with Crippen molar-refractivity contribution in [2.24, 2.45) is 0 Å². The zero-order valence-electron chi connectivity index (χ0n) is 17.9. The number of aromatic nitrogens is 2. The first-order chi connectivity index (χ1) is 13.5.